The molecule has 0 spiro atoms. The summed E-state index contributed by atoms with van der Waals surface area (Å²) in [5.74, 6) is 1.48. The Morgan fingerprint density at radius 3 is 1.92 bits per heavy atom. The fraction of sp³-hybridized carbons (Fsp3) is 0.500. The topological polar surface area (TPSA) is 156 Å². The number of hydrogen-bond acceptors (Lipinski definition) is 9. The van der Waals surface area contributed by atoms with Crippen LogP contribution in [0, 0.1) is 25.0 Å². The molecule has 2 aliphatic rings. The lowest BCUT2D eigenvalue weighted by atomic mass is 9.98. The Labute approximate surface area is 292 Å². The van der Waals surface area contributed by atoms with E-state index in [-0.39, 0.29) is 12.1 Å². The standard InChI is InChI=1S/C19H26N6O2.C17H18N6/c1-21-10-16(13-6-4-5-7-13)25-11-14(9-24-25)18-15(8-17(26-2)27-3)19(20)23-12-22-18;1-18-9-15(12-4-2-3-5-12)23-10-13(8-22-23)16-14-6-7-19-17(14)21-11-20-16/h9,11-13,16-17H,4-8,10H2,2-3H3,(H2,20,22,23);6-8,10-12,15H,2-5,9H2,(H,19,20,21)/t16-;15-/m11/s1. The predicted molar refractivity (Wildman–Crippen MR) is 189 cm³/mol. The van der Waals surface area contributed by atoms with Crippen molar-refractivity contribution in [2.24, 2.45) is 11.8 Å². The average molecular weight is 677 g/mol. The number of fused-ring (bicyclic) bond motifs is 1. The van der Waals surface area contributed by atoms with Gasteiger partial charge in [-0.1, -0.05) is 25.7 Å². The molecule has 0 radical (unpaired) electrons. The first-order valence-corrected chi connectivity index (χ1v) is 17.2. The van der Waals surface area contributed by atoms with Crippen molar-refractivity contribution >= 4 is 16.9 Å². The monoisotopic (exact) mass is 676 g/mol. The van der Waals surface area contributed by atoms with Gasteiger partial charge in [0.05, 0.1) is 23.8 Å². The first kappa shape index (κ1) is 34.7. The average Bonchev–Trinajstić information content (AvgIpc) is 3.99. The molecule has 0 amide bonds. The second-order valence-electron chi connectivity index (χ2n) is 13.0. The second kappa shape index (κ2) is 16.5. The number of hydrogen-bond donors (Lipinski definition) is 2. The third kappa shape index (κ3) is 7.67. The normalized spacial score (nSPS) is 16.3. The van der Waals surface area contributed by atoms with Crippen molar-refractivity contribution in [1.29, 1.82) is 0 Å². The first-order valence-electron chi connectivity index (χ1n) is 17.2. The Bertz CT molecular complexity index is 1920. The Balaban J connectivity index is 0.000000175. The van der Waals surface area contributed by atoms with Gasteiger partial charge in [0.25, 0.3) is 0 Å². The Morgan fingerprint density at radius 1 is 0.820 bits per heavy atom. The number of anilines is 1. The SMILES string of the molecule is [C-]#[N+]C[C@H](C1CCCC1)n1cc(-c2ncnc(N)c2CC(OC)OC)cn1.[C-]#[N+]C[C@H](C1CCCC1)n1cc(-c2ncnc3[nH]ccc23)cn1. The molecule has 0 saturated heterocycles. The van der Waals surface area contributed by atoms with Gasteiger partial charge < -0.3 is 29.9 Å². The van der Waals surface area contributed by atoms with Gasteiger partial charge in [-0.15, -0.1) is 0 Å². The van der Waals surface area contributed by atoms with E-state index in [4.69, 9.17) is 28.4 Å². The molecule has 0 aliphatic heterocycles. The summed E-state index contributed by atoms with van der Waals surface area (Å²) in [5, 5.41) is 10.1. The maximum atomic E-state index is 7.32. The Kier molecular flexibility index (Phi) is 11.4. The molecule has 0 unspecified atom stereocenters. The van der Waals surface area contributed by atoms with E-state index in [1.54, 1.807) is 26.7 Å². The number of aromatic nitrogens is 9. The van der Waals surface area contributed by atoms with Crippen LogP contribution in [0.5, 0.6) is 0 Å². The van der Waals surface area contributed by atoms with Crippen LogP contribution in [-0.2, 0) is 15.9 Å². The number of nitrogens with zero attached hydrogens (tertiary/aromatic N) is 10. The van der Waals surface area contributed by atoms with Crippen LogP contribution in [-0.4, -0.2) is 78.1 Å². The van der Waals surface area contributed by atoms with Crippen molar-refractivity contribution in [2.75, 3.05) is 33.0 Å². The summed E-state index contributed by atoms with van der Waals surface area (Å²) in [4.78, 5) is 27.6. The van der Waals surface area contributed by atoms with E-state index < -0.39 is 6.29 Å². The van der Waals surface area contributed by atoms with Gasteiger partial charge in [-0.05, 0) is 43.6 Å². The minimum absolute atomic E-state index is 0.104. The molecule has 260 valence electrons. The van der Waals surface area contributed by atoms with Crippen LogP contribution in [0.3, 0.4) is 0 Å². The molecule has 5 heterocycles. The lowest BCUT2D eigenvalue weighted by molar-refractivity contribution is -0.100. The molecule has 0 bridgehead atoms. The van der Waals surface area contributed by atoms with E-state index in [0.717, 1.165) is 52.0 Å². The van der Waals surface area contributed by atoms with Gasteiger partial charge >= 0.3 is 0 Å². The number of H-pyrrole nitrogens is 1. The van der Waals surface area contributed by atoms with Crippen LogP contribution < -0.4 is 5.73 Å². The Morgan fingerprint density at radius 2 is 1.36 bits per heavy atom. The van der Waals surface area contributed by atoms with Crippen LogP contribution in [0.15, 0.2) is 49.7 Å². The van der Waals surface area contributed by atoms with E-state index >= 15 is 0 Å². The third-order valence-electron chi connectivity index (χ3n) is 10.1. The molecule has 0 aromatic carbocycles. The largest absolute Gasteiger partial charge is 0.383 e. The van der Waals surface area contributed by atoms with Gasteiger partial charge in [0.2, 0.25) is 13.1 Å². The zero-order valence-corrected chi connectivity index (χ0v) is 28.6. The molecule has 2 fully saturated rings. The lowest BCUT2D eigenvalue weighted by Crippen LogP contribution is -2.20. The molecule has 2 saturated carbocycles. The molecular weight excluding hydrogens is 632 g/mol. The fourth-order valence-electron chi connectivity index (χ4n) is 7.46. The highest BCUT2D eigenvalue weighted by molar-refractivity contribution is 5.90. The number of nitrogen functional groups attached to an aromatic ring is 1. The van der Waals surface area contributed by atoms with Crippen LogP contribution in [0.2, 0.25) is 0 Å². The number of methoxy groups -OCH3 is 2. The number of aromatic amines is 1. The molecule has 14 heteroatoms. The van der Waals surface area contributed by atoms with E-state index in [0.29, 0.717) is 37.2 Å². The summed E-state index contributed by atoms with van der Waals surface area (Å²) < 4.78 is 14.5. The minimum Gasteiger partial charge on any atom is -0.383 e. The van der Waals surface area contributed by atoms with E-state index in [2.05, 4.69) is 44.8 Å². The molecule has 2 atom stereocenters. The third-order valence-corrected chi connectivity index (χ3v) is 10.1. The first-order chi connectivity index (χ1) is 24.5. The second-order valence-corrected chi connectivity index (χ2v) is 13.0. The highest BCUT2D eigenvalue weighted by Crippen LogP contribution is 2.37. The molecule has 2 aliphatic carbocycles. The summed E-state index contributed by atoms with van der Waals surface area (Å²) in [6, 6.07) is 2.26. The number of ether oxygens (including phenoxy) is 2. The van der Waals surface area contributed by atoms with Gasteiger partial charge in [-0.2, -0.15) is 10.2 Å². The number of nitrogens with one attached hydrogen (secondary N) is 1. The van der Waals surface area contributed by atoms with E-state index in [9.17, 15) is 0 Å². The summed E-state index contributed by atoms with van der Waals surface area (Å²) in [5.41, 5.74) is 11.1. The molecule has 14 nitrogen and oxygen atoms in total. The van der Waals surface area contributed by atoms with Gasteiger partial charge in [-0.3, -0.25) is 9.36 Å². The lowest BCUT2D eigenvalue weighted by Gasteiger charge is -2.19. The molecule has 5 aromatic rings. The maximum Gasteiger partial charge on any atom is 0.237 e. The highest BCUT2D eigenvalue weighted by atomic mass is 16.7. The van der Waals surface area contributed by atoms with Crippen LogP contribution in [0.4, 0.5) is 5.82 Å². The summed E-state index contributed by atoms with van der Waals surface area (Å²) in [7, 11) is 3.17. The van der Waals surface area contributed by atoms with Crippen molar-refractivity contribution in [3.05, 3.63) is 78.1 Å². The van der Waals surface area contributed by atoms with Crippen molar-refractivity contribution in [3.8, 4) is 22.5 Å². The van der Waals surface area contributed by atoms with Crippen molar-refractivity contribution < 1.29 is 9.47 Å². The van der Waals surface area contributed by atoms with Crippen molar-refractivity contribution in [1.82, 2.24) is 44.5 Å². The van der Waals surface area contributed by atoms with Crippen molar-refractivity contribution in [3.63, 3.8) is 0 Å². The quantitative estimate of drug-likeness (QED) is 0.116. The zero-order chi connectivity index (χ0) is 34.9. The maximum absolute atomic E-state index is 7.32. The minimum atomic E-state index is -0.430. The van der Waals surface area contributed by atoms with E-state index in [1.807, 2.05) is 40.2 Å². The summed E-state index contributed by atoms with van der Waals surface area (Å²) >= 11 is 0. The molecule has 5 aromatic heterocycles. The molecular formula is C36H44N12O2. The van der Waals surface area contributed by atoms with Gasteiger partial charge in [0, 0.05) is 61.3 Å². The van der Waals surface area contributed by atoms with Gasteiger partial charge in [-0.25, -0.2) is 33.1 Å². The molecule has 3 N–H and O–H groups in total. The summed E-state index contributed by atoms with van der Waals surface area (Å²) in [6.07, 6.45) is 22.2. The van der Waals surface area contributed by atoms with Gasteiger partial charge in [0.15, 0.2) is 6.29 Å². The zero-order valence-electron chi connectivity index (χ0n) is 28.6. The Hall–Kier alpha value is -5.18. The van der Waals surface area contributed by atoms with E-state index in [1.165, 1.54) is 44.9 Å². The van der Waals surface area contributed by atoms with Crippen LogP contribution >= 0.6 is 0 Å². The summed E-state index contributed by atoms with van der Waals surface area (Å²) in [6.45, 7) is 15.5. The molecule has 7 rings (SSSR count). The fourth-order valence-corrected chi connectivity index (χ4v) is 7.46. The number of rotatable bonds is 12. The predicted octanol–water partition coefficient (Wildman–Crippen LogP) is 6.21. The smallest absolute Gasteiger partial charge is 0.237 e. The van der Waals surface area contributed by atoms with Crippen molar-refractivity contribution in [2.45, 2.75) is 76.2 Å². The van der Waals surface area contributed by atoms with Crippen LogP contribution in [0.1, 0.15) is 69.0 Å². The molecule has 50 heavy (non-hydrogen) atoms. The highest BCUT2D eigenvalue weighted by Gasteiger charge is 2.31. The van der Waals surface area contributed by atoms with Gasteiger partial charge in [0.1, 0.15) is 36.2 Å². The van der Waals surface area contributed by atoms with Crippen LogP contribution in [0.25, 0.3) is 43.2 Å². The number of nitrogens with two attached hydrogens (primary N) is 1.